The summed E-state index contributed by atoms with van der Waals surface area (Å²) < 4.78 is 20.9. The fraction of sp³-hybridized carbons (Fsp3) is 0.500. The second-order valence-electron chi connectivity index (χ2n) is 8.17. The minimum atomic E-state index is -0.582. The van der Waals surface area contributed by atoms with Gasteiger partial charge >= 0.3 is 17.5 Å². The van der Waals surface area contributed by atoms with E-state index in [9.17, 15) is 25.0 Å². The van der Waals surface area contributed by atoms with Crippen LogP contribution < -0.4 is 14.2 Å². The van der Waals surface area contributed by atoms with E-state index in [4.69, 9.17) is 18.9 Å². The molecule has 2 heterocycles. The van der Waals surface area contributed by atoms with E-state index in [1.165, 1.54) is 38.5 Å². The molecule has 0 saturated heterocycles. The van der Waals surface area contributed by atoms with E-state index in [1.54, 1.807) is 25.7 Å². The van der Waals surface area contributed by atoms with E-state index in [0.29, 0.717) is 17.7 Å². The lowest BCUT2D eigenvalue weighted by Gasteiger charge is -2.27. The van der Waals surface area contributed by atoms with Crippen molar-refractivity contribution in [2.75, 3.05) is 33.9 Å². The molecule has 2 aromatic rings. The fourth-order valence-electron chi connectivity index (χ4n) is 2.64. The van der Waals surface area contributed by atoms with Crippen LogP contribution in [0.4, 0.5) is 16.2 Å². The number of hydrogen-bond acceptors (Lipinski definition) is 11. The Labute approximate surface area is 222 Å². The molecule has 0 radical (unpaired) electrons. The number of nitrogens with zero attached hydrogens (tertiary/aromatic N) is 5. The molecule has 0 aromatic carbocycles. The van der Waals surface area contributed by atoms with E-state index in [2.05, 4.69) is 25.9 Å². The van der Waals surface area contributed by atoms with Crippen LogP contribution in [0, 0.1) is 20.2 Å². The number of hydrogen-bond donors (Lipinski definition) is 0. The van der Waals surface area contributed by atoms with Crippen molar-refractivity contribution in [1.29, 1.82) is 0 Å². The smallest absolute Gasteiger partial charge is 0.410 e. The summed E-state index contributed by atoms with van der Waals surface area (Å²) in [6.07, 6.45) is 0.371. The van der Waals surface area contributed by atoms with Gasteiger partial charge in [0.1, 0.15) is 16.8 Å². The molecule has 0 fully saturated rings. The summed E-state index contributed by atoms with van der Waals surface area (Å²) in [5.41, 5.74) is -0.950. The number of rotatable bonds is 10. The van der Waals surface area contributed by atoms with Gasteiger partial charge in [0.25, 0.3) is 11.8 Å². The number of amides is 1. The highest BCUT2D eigenvalue weighted by Gasteiger charge is 2.22. The van der Waals surface area contributed by atoms with Crippen LogP contribution >= 0.6 is 15.9 Å². The molecule has 0 bridgehead atoms. The standard InChI is InChI=1S/C16H25N3O6.C6H5BrN2O3/c1-6-9-18(15(20)25-16(2,3)4)10-11-24-13-8-7-12(19(21)22)14(17-13)23-5;1-12-6-4(9(10)11)2-3-5(7)8-6/h7-8H,6,9-11H2,1-5H3;2-3H,1H3. The minimum Gasteiger partial charge on any atom is -0.476 e. The highest BCUT2D eigenvalue weighted by molar-refractivity contribution is 9.10. The average Bonchev–Trinajstić information content (AvgIpc) is 2.82. The molecule has 204 valence electrons. The quantitative estimate of drug-likeness (QED) is 0.213. The molecule has 0 aliphatic carbocycles. The number of carbonyl (C=O) groups is 1. The van der Waals surface area contributed by atoms with Gasteiger partial charge < -0.3 is 23.8 Å². The first kappa shape index (κ1) is 31.3. The zero-order valence-corrected chi connectivity index (χ0v) is 23.0. The molecule has 2 aromatic heterocycles. The van der Waals surface area contributed by atoms with Crippen molar-refractivity contribution in [2.45, 2.75) is 39.7 Å². The van der Waals surface area contributed by atoms with Gasteiger partial charge in [-0.3, -0.25) is 20.2 Å². The van der Waals surface area contributed by atoms with E-state index >= 15 is 0 Å². The number of nitro groups is 2. The molecule has 0 saturated carbocycles. The Kier molecular flexibility index (Phi) is 12.4. The Bertz CT molecular complexity index is 1080. The largest absolute Gasteiger partial charge is 0.476 e. The van der Waals surface area contributed by atoms with Gasteiger partial charge in [-0.05, 0) is 49.2 Å². The lowest BCUT2D eigenvalue weighted by Crippen LogP contribution is -2.39. The fourth-order valence-corrected chi connectivity index (χ4v) is 2.93. The number of aromatic nitrogens is 2. The first-order chi connectivity index (χ1) is 17.3. The van der Waals surface area contributed by atoms with Gasteiger partial charge in [-0.15, -0.1) is 0 Å². The van der Waals surface area contributed by atoms with Crippen molar-refractivity contribution in [3.63, 3.8) is 0 Å². The number of halogens is 1. The maximum Gasteiger partial charge on any atom is 0.410 e. The predicted octanol–water partition coefficient (Wildman–Crippen LogP) is 4.79. The molecule has 0 atom stereocenters. The maximum absolute atomic E-state index is 12.1. The number of carbonyl (C=O) groups excluding carboxylic acids is 1. The van der Waals surface area contributed by atoms with Gasteiger partial charge in [0.05, 0.1) is 30.6 Å². The zero-order valence-electron chi connectivity index (χ0n) is 21.4. The molecule has 0 N–H and O–H groups in total. The highest BCUT2D eigenvalue weighted by atomic mass is 79.9. The molecule has 0 aliphatic heterocycles. The molecular formula is C22H30BrN5O9. The van der Waals surface area contributed by atoms with Crippen molar-refractivity contribution >= 4 is 33.4 Å². The monoisotopic (exact) mass is 587 g/mol. The van der Waals surface area contributed by atoms with E-state index < -0.39 is 21.5 Å². The average molecular weight is 588 g/mol. The van der Waals surface area contributed by atoms with E-state index in [0.717, 1.165) is 6.42 Å². The van der Waals surface area contributed by atoms with Gasteiger partial charge in [-0.1, -0.05) is 6.92 Å². The Morgan fingerprint density at radius 3 is 2.00 bits per heavy atom. The van der Waals surface area contributed by atoms with Crippen LogP contribution in [0.2, 0.25) is 0 Å². The van der Waals surface area contributed by atoms with Gasteiger partial charge in [0.15, 0.2) is 0 Å². The van der Waals surface area contributed by atoms with Crippen LogP contribution in [-0.4, -0.2) is 70.3 Å². The van der Waals surface area contributed by atoms with Gasteiger partial charge in [-0.25, -0.2) is 9.78 Å². The summed E-state index contributed by atoms with van der Waals surface area (Å²) in [6.45, 7) is 8.39. The highest BCUT2D eigenvalue weighted by Crippen LogP contribution is 2.27. The maximum atomic E-state index is 12.1. The first-order valence-corrected chi connectivity index (χ1v) is 11.8. The number of pyridine rings is 2. The third-order valence-corrected chi connectivity index (χ3v) is 4.60. The number of methoxy groups -OCH3 is 2. The summed E-state index contributed by atoms with van der Waals surface area (Å²) in [5, 5.41) is 21.2. The van der Waals surface area contributed by atoms with Crippen LogP contribution in [0.5, 0.6) is 17.6 Å². The molecular weight excluding hydrogens is 558 g/mol. The van der Waals surface area contributed by atoms with Gasteiger partial charge in [0, 0.05) is 24.7 Å². The molecule has 37 heavy (non-hydrogen) atoms. The van der Waals surface area contributed by atoms with Crippen molar-refractivity contribution in [2.24, 2.45) is 0 Å². The van der Waals surface area contributed by atoms with Gasteiger partial charge in [0.2, 0.25) is 5.88 Å². The Morgan fingerprint density at radius 1 is 0.973 bits per heavy atom. The van der Waals surface area contributed by atoms with Crippen LogP contribution in [0.3, 0.4) is 0 Å². The zero-order chi connectivity index (χ0) is 28.2. The van der Waals surface area contributed by atoms with Crippen LogP contribution in [0.25, 0.3) is 0 Å². The SMILES string of the molecule is CCCN(CCOc1ccc([N+](=O)[O-])c(OC)n1)C(=O)OC(C)(C)C.COc1nc(Br)ccc1[N+](=O)[O-]. The van der Waals surface area contributed by atoms with Crippen LogP contribution in [0.15, 0.2) is 28.9 Å². The normalized spacial score (nSPS) is 10.5. The third-order valence-electron chi connectivity index (χ3n) is 4.16. The third kappa shape index (κ3) is 10.8. The molecule has 0 unspecified atom stereocenters. The topological polar surface area (TPSA) is 169 Å². The van der Waals surface area contributed by atoms with Gasteiger partial charge in [-0.2, -0.15) is 4.98 Å². The van der Waals surface area contributed by atoms with Crippen LogP contribution in [-0.2, 0) is 4.74 Å². The Morgan fingerprint density at radius 2 is 1.51 bits per heavy atom. The molecule has 2 rings (SSSR count). The summed E-state index contributed by atoms with van der Waals surface area (Å²) in [4.78, 5) is 41.5. The van der Waals surface area contributed by atoms with Crippen molar-refractivity contribution in [3.8, 4) is 17.6 Å². The lowest BCUT2D eigenvalue weighted by atomic mass is 10.2. The molecule has 15 heteroatoms. The van der Waals surface area contributed by atoms with Crippen molar-refractivity contribution in [3.05, 3.63) is 49.1 Å². The van der Waals surface area contributed by atoms with Crippen molar-refractivity contribution in [1.82, 2.24) is 14.9 Å². The summed E-state index contributed by atoms with van der Waals surface area (Å²) in [7, 11) is 2.63. The van der Waals surface area contributed by atoms with E-state index in [1.807, 2.05) is 6.92 Å². The summed E-state index contributed by atoms with van der Waals surface area (Å²) in [6, 6.07) is 5.47. The molecule has 1 amide bonds. The van der Waals surface area contributed by atoms with Crippen molar-refractivity contribution < 1.29 is 33.6 Å². The predicted molar refractivity (Wildman–Crippen MR) is 136 cm³/mol. The second kappa shape index (κ2) is 14.7. The Hall–Kier alpha value is -3.75. The molecule has 0 aliphatic rings. The molecule has 14 nitrogen and oxygen atoms in total. The van der Waals surface area contributed by atoms with E-state index in [-0.39, 0.29) is 35.6 Å². The number of ether oxygens (including phenoxy) is 4. The summed E-state index contributed by atoms with van der Waals surface area (Å²) >= 11 is 3.07. The first-order valence-electron chi connectivity index (χ1n) is 11.0. The Balaban J connectivity index is 0.000000474. The lowest BCUT2D eigenvalue weighted by molar-refractivity contribution is -0.386. The van der Waals surface area contributed by atoms with Crippen LogP contribution in [0.1, 0.15) is 34.1 Å². The summed E-state index contributed by atoms with van der Waals surface area (Å²) in [5.74, 6) is 0.0671. The molecule has 0 spiro atoms. The minimum absolute atomic E-state index is 0.00868. The second-order valence-corrected chi connectivity index (χ2v) is 8.98.